The van der Waals surface area contributed by atoms with Crippen molar-refractivity contribution in [2.75, 3.05) is 6.66 Å². The van der Waals surface area contributed by atoms with Crippen molar-refractivity contribution in [1.82, 2.24) is 9.32 Å². The quantitative estimate of drug-likeness (QED) is 0.604. The Morgan fingerprint density at radius 2 is 2.00 bits per heavy atom. The van der Waals surface area contributed by atoms with Crippen molar-refractivity contribution in [2.24, 2.45) is 0 Å². The third-order valence-corrected chi connectivity index (χ3v) is 3.22. The highest BCUT2D eigenvalue weighted by molar-refractivity contribution is 7.42. The Morgan fingerprint density at radius 3 is 2.50 bits per heavy atom. The molecule has 0 aliphatic carbocycles. The topological polar surface area (TPSA) is 52.0 Å². The minimum Gasteiger partial charge on any atom is -0.296 e. The van der Waals surface area contributed by atoms with Gasteiger partial charge in [0.25, 0.3) is 0 Å². The molecule has 0 radical (unpaired) electrons. The van der Waals surface area contributed by atoms with Crippen molar-refractivity contribution in [2.45, 2.75) is 0 Å². The number of aldehydes is 1. The summed E-state index contributed by atoms with van der Waals surface area (Å²) in [6.07, 6.45) is 5.79. The number of carbonyl (C=O) groups is 1. The van der Waals surface area contributed by atoms with Crippen LogP contribution in [0.5, 0.6) is 0 Å². The average Bonchev–Trinajstić information content (AvgIpc) is 2.74. The van der Waals surface area contributed by atoms with Gasteiger partial charge in [-0.05, 0) is 28.3 Å². The first-order valence-electron chi connectivity index (χ1n) is 4.71. The number of rotatable bonds is 3. The zero-order valence-corrected chi connectivity index (χ0v) is 9.59. The van der Waals surface area contributed by atoms with E-state index in [-0.39, 0.29) is 0 Å². The van der Waals surface area contributed by atoms with Gasteiger partial charge in [-0.15, -0.1) is 4.34 Å². The van der Waals surface area contributed by atoms with E-state index in [0.29, 0.717) is 12.0 Å². The molecular formula is C11H10N2O2P+. The molecule has 2 heterocycles. The standard InChI is InChI=1S/C11H10N2O2P/c1-16(15)13-7-10(6-11(13)8-14)9-2-4-12-5-3-9/h2-8H,1H3/q+1. The van der Waals surface area contributed by atoms with Crippen molar-refractivity contribution in [1.29, 1.82) is 0 Å². The Bertz CT molecular complexity index is 534. The van der Waals surface area contributed by atoms with Gasteiger partial charge in [0.1, 0.15) is 5.69 Å². The van der Waals surface area contributed by atoms with Crippen LogP contribution in [-0.2, 0) is 4.57 Å². The van der Waals surface area contributed by atoms with Gasteiger partial charge in [0.05, 0.1) is 6.20 Å². The number of nitrogens with zero attached hydrogens (tertiary/aromatic N) is 2. The van der Waals surface area contributed by atoms with Gasteiger partial charge < -0.3 is 0 Å². The van der Waals surface area contributed by atoms with E-state index in [4.69, 9.17) is 0 Å². The van der Waals surface area contributed by atoms with E-state index in [1.54, 1.807) is 31.3 Å². The molecule has 0 aliphatic heterocycles. The van der Waals surface area contributed by atoms with Crippen molar-refractivity contribution in [3.63, 3.8) is 0 Å². The molecule has 0 aliphatic rings. The smallest absolute Gasteiger partial charge is 0.296 e. The molecule has 4 nitrogen and oxygen atoms in total. The monoisotopic (exact) mass is 233 g/mol. The number of aromatic nitrogens is 2. The van der Waals surface area contributed by atoms with E-state index in [1.807, 2.05) is 12.1 Å². The Balaban J connectivity index is 2.52. The van der Waals surface area contributed by atoms with E-state index >= 15 is 0 Å². The maximum atomic E-state index is 11.4. The fourth-order valence-corrected chi connectivity index (χ4v) is 2.22. The SMILES string of the molecule is C[P+](=O)n1cc(-c2ccncc2)cc1C=O. The zero-order valence-electron chi connectivity index (χ0n) is 8.70. The lowest BCUT2D eigenvalue weighted by Gasteiger charge is -1.93. The second-order valence-electron chi connectivity index (χ2n) is 3.32. The highest BCUT2D eigenvalue weighted by Crippen LogP contribution is 2.28. The normalized spacial score (nSPS) is 11.2. The van der Waals surface area contributed by atoms with Gasteiger partial charge in [0.2, 0.25) is 0 Å². The van der Waals surface area contributed by atoms with Crippen LogP contribution in [0.4, 0.5) is 0 Å². The van der Waals surface area contributed by atoms with E-state index in [0.717, 1.165) is 11.1 Å². The molecule has 2 rings (SSSR count). The minimum atomic E-state index is -1.57. The lowest BCUT2D eigenvalue weighted by atomic mass is 10.1. The fraction of sp³-hybridized carbons (Fsp3) is 0.0909. The molecule has 80 valence electrons. The van der Waals surface area contributed by atoms with Crippen LogP contribution in [0.2, 0.25) is 0 Å². The van der Waals surface area contributed by atoms with Crippen LogP contribution in [0, 0.1) is 0 Å². The lowest BCUT2D eigenvalue weighted by Crippen LogP contribution is -1.88. The molecule has 0 N–H and O–H groups in total. The molecule has 0 bridgehead atoms. The molecule has 0 saturated heterocycles. The summed E-state index contributed by atoms with van der Waals surface area (Å²) in [6, 6.07) is 5.41. The van der Waals surface area contributed by atoms with Crippen LogP contribution in [0.3, 0.4) is 0 Å². The predicted molar refractivity (Wildman–Crippen MR) is 62.0 cm³/mol. The van der Waals surface area contributed by atoms with Crippen LogP contribution >= 0.6 is 7.95 Å². The molecule has 1 unspecified atom stereocenters. The first-order valence-corrected chi connectivity index (χ1v) is 6.37. The summed E-state index contributed by atoms with van der Waals surface area (Å²) < 4.78 is 12.9. The summed E-state index contributed by atoms with van der Waals surface area (Å²) in [7, 11) is -1.57. The van der Waals surface area contributed by atoms with E-state index in [2.05, 4.69) is 4.98 Å². The number of hydrogen-bond acceptors (Lipinski definition) is 3. The molecule has 0 spiro atoms. The van der Waals surface area contributed by atoms with Crippen LogP contribution in [-0.4, -0.2) is 22.3 Å². The van der Waals surface area contributed by atoms with Crippen LogP contribution in [0.15, 0.2) is 36.8 Å². The summed E-state index contributed by atoms with van der Waals surface area (Å²) in [4.78, 5) is 14.7. The third-order valence-electron chi connectivity index (χ3n) is 2.27. The molecule has 0 fully saturated rings. The molecule has 5 heteroatoms. The van der Waals surface area contributed by atoms with Gasteiger partial charge in [-0.25, -0.2) is 0 Å². The van der Waals surface area contributed by atoms with E-state index in [9.17, 15) is 9.36 Å². The second-order valence-corrected chi connectivity index (χ2v) is 4.68. The Kier molecular flexibility index (Phi) is 2.93. The summed E-state index contributed by atoms with van der Waals surface area (Å²) in [5, 5.41) is 0. The fourth-order valence-electron chi connectivity index (χ4n) is 1.50. The summed E-state index contributed by atoms with van der Waals surface area (Å²) in [5.41, 5.74) is 2.25. The first kappa shape index (κ1) is 10.7. The highest BCUT2D eigenvalue weighted by atomic mass is 31.1. The maximum absolute atomic E-state index is 11.4. The van der Waals surface area contributed by atoms with Crippen LogP contribution < -0.4 is 0 Å². The predicted octanol–water partition coefficient (Wildman–Crippen LogP) is 2.58. The Morgan fingerprint density at radius 1 is 1.31 bits per heavy atom. The molecule has 0 saturated carbocycles. The molecule has 0 amide bonds. The summed E-state index contributed by atoms with van der Waals surface area (Å²) in [5.74, 6) is 0. The number of hydrogen-bond donors (Lipinski definition) is 0. The van der Waals surface area contributed by atoms with Gasteiger partial charge >= 0.3 is 7.95 Å². The number of carbonyl (C=O) groups excluding carboxylic acids is 1. The summed E-state index contributed by atoms with van der Waals surface area (Å²) in [6.45, 7) is 1.57. The largest absolute Gasteiger partial charge is 0.463 e. The van der Waals surface area contributed by atoms with Gasteiger partial charge in [-0.3, -0.25) is 9.78 Å². The Hall–Kier alpha value is -1.80. The molecule has 16 heavy (non-hydrogen) atoms. The lowest BCUT2D eigenvalue weighted by molar-refractivity contribution is 0.111. The molecule has 0 aromatic carbocycles. The van der Waals surface area contributed by atoms with Gasteiger partial charge in [0.15, 0.2) is 13.0 Å². The van der Waals surface area contributed by atoms with Crippen molar-refractivity contribution in [3.05, 3.63) is 42.5 Å². The maximum Gasteiger partial charge on any atom is 0.463 e. The van der Waals surface area contributed by atoms with Crippen LogP contribution in [0.1, 0.15) is 10.5 Å². The summed E-state index contributed by atoms with van der Waals surface area (Å²) >= 11 is 0. The highest BCUT2D eigenvalue weighted by Gasteiger charge is 2.17. The van der Waals surface area contributed by atoms with Crippen molar-refractivity contribution in [3.8, 4) is 11.1 Å². The second kappa shape index (κ2) is 4.37. The van der Waals surface area contributed by atoms with Gasteiger partial charge in [0, 0.05) is 18.0 Å². The van der Waals surface area contributed by atoms with Crippen LogP contribution in [0.25, 0.3) is 11.1 Å². The van der Waals surface area contributed by atoms with Gasteiger partial charge in [-0.1, -0.05) is 0 Å². The molecule has 2 aromatic rings. The molecule has 1 atom stereocenters. The van der Waals surface area contributed by atoms with Crippen molar-refractivity contribution >= 4 is 14.2 Å². The minimum absolute atomic E-state index is 0.426. The third kappa shape index (κ3) is 1.92. The van der Waals surface area contributed by atoms with Gasteiger partial charge in [-0.2, -0.15) is 0 Å². The van der Waals surface area contributed by atoms with E-state index < -0.39 is 7.95 Å². The average molecular weight is 233 g/mol. The molecule has 2 aromatic heterocycles. The molecular weight excluding hydrogens is 223 g/mol. The zero-order chi connectivity index (χ0) is 11.5. The van der Waals surface area contributed by atoms with E-state index in [1.165, 1.54) is 4.34 Å². The first-order chi connectivity index (χ1) is 7.72. The van der Waals surface area contributed by atoms with Crippen molar-refractivity contribution < 1.29 is 9.36 Å². The number of pyridine rings is 1. The Labute approximate surface area is 93.8 Å².